The molecule has 0 spiro atoms. The quantitative estimate of drug-likeness (QED) is 0.874. The lowest BCUT2D eigenvalue weighted by molar-refractivity contribution is 0.469. The third-order valence-corrected chi connectivity index (χ3v) is 3.28. The lowest BCUT2D eigenvalue weighted by Gasteiger charge is -2.08. The van der Waals surface area contributed by atoms with E-state index in [1.807, 2.05) is 18.2 Å². The van der Waals surface area contributed by atoms with Gasteiger partial charge in [-0.25, -0.2) is 4.98 Å². The lowest BCUT2D eigenvalue weighted by Crippen LogP contribution is -2.02. The van der Waals surface area contributed by atoms with Crippen LogP contribution in [-0.4, -0.2) is 10.1 Å². The molecule has 0 unspecified atom stereocenters. The van der Waals surface area contributed by atoms with Crippen molar-refractivity contribution in [2.75, 3.05) is 5.32 Å². The molecule has 0 aliphatic carbocycles. The van der Waals surface area contributed by atoms with E-state index < -0.39 is 0 Å². The highest BCUT2D eigenvalue weighted by Gasteiger charge is 2.03. The van der Waals surface area contributed by atoms with Crippen molar-refractivity contribution in [3.05, 3.63) is 51.0 Å². The summed E-state index contributed by atoms with van der Waals surface area (Å²) < 4.78 is 1.79. The number of phenols is 1. The van der Waals surface area contributed by atoms with Crippen LogP contribution in [0.3, 0.4) is 0 Å². The molecule has 2 aromatic rings. The van der Waals surface area contributed by atoms with Crippen molar-refractivity contribution in [2.24, 2.45) is 0 Å². The Labute approximate surface area is 116 Å². The summed E-state index contributed by atoms with van der Waals surface area (Å²) in [5.74, 6) is 1.03. The van der Waals surface area contributed by atoms with E-state index >= 15 is 0 Å². The molecule has 0 amide bonds. The molecule has 17 heavy (non-hydrogen) atoms. The highest BCUT2D eigenvalue weighted by molar-refractivity contribution is 9.11. The van der Waals surface area contributed by atoms with E-state index in [1.54, 1.807) is 18.3 Å². The number of hydrogen-bond donors (Lipinski definition) is 2. The molecule has 0 radical (unpaired) electrons. The van der Waals surface area contributed by atoms with Crippen LogP contribution < -0.4 is 5.32 Å². The van der Waals surface area contributed by atoms with E-state index in [-0.39, 0.29) is 5.75 Å². The van der Waals surface area contributed by atoms with Crippen LogP contribution in [0.25, 0.3) is 0 Å². The predicted molar refractivity (Wildman–Crippen MR) is 75.1 cm³/mol. The molecular formula is C12H10Br2N2O. The second kappa shape index (κ2) is 5.51. The van der Waals surface area contributed by atoms with Crippen molar-refractivity contribution >= 4 is 37.7 Å². The number of nitrogens with zero attached hydrogens (tertiary/aromatic N) is 1. The first-order chi connectivity index (χ1) is 8.16. The largest absolute Gasteiger partial charge is 0.508 e. The average Bonchev–Trinajstić information content (AvgIpc) is 2.30. The number of halogens is 2. The van der Waals surface area contributed by atoms with E-state index in [4.69, 9.17) is 0 Å². The maximum absolute atomic E-state index is 9.62. The first-order valence-electron chi connectivity index (χ1n) is 4.98. The van der Waals surface area contributed by atoms with Gasteiger partial charge in [-0.2, -0.15) is 0 Å². The Morgan fingerprint density at radius 2 is 2.00 bits per heavy atom. The van der Waals surface area contributed by atoms with Gasteiger partial charge in [0, 0.05) is 22.8 Å². The van der Waals surface area contributed by atoms with E-state index in [2.05, 4.69) is 42.2 Å². The Kier molecular flexibility index (Phi) is 4.02. The van der Waals surface area contributed by atoms with Gasteiger partial charge in [0.05, 0.1) is 4.47 Å². The van der Waals surface area contributed by atoms with Gasteiger partial charge in [0.2, 0.25) is 0 Å². The fraction of sp³-hybridized carbons (Fsp3) is 0.0833. The van der Waals surface area contributed by atoms with Crippen LogP contribution in [0.2, 0.25) is 0 Å². The maximum atomic E-state index is 9.62. The number of hydrogen-bond acceptors (Lipinski definition) is 3. The number of aromatic nitrogens is 1. The van der Waals surface area contributed by atoms with Crippen molar-refractivity contribution in [3.63, 3.8) is 0 Å². The summed E-state index contributed by atoms with van der Waals surface area (Å²) in [7, 11) is 0. The summed E-state index contributed by atoms with van der Waals surface area (Å²) >= 11 is 6.77. The van der Waals surface area contributed by atoms with Gasteiger partial charge in [-0.05, 0) is 44.0 Å². The third-order valence-electron chi connectivity index (χ3n) is 2.25. The topological polar surface area (TPSA) is 45.1 Å². The van der Waals surface area contributed by atoms with E-state index in [9.17, 15) is 5.11 Å². The summed E-state index contributed by atoms with van der Waals surface area (Å²) in [4.78, 5) is 4.24. The Bertz CT molecular complexity index is 532. The minimum atomic E-state index is 0.285. The smallest absolute Gasteiger partial charge is 0.140 e. The molecule has 0 fully saturated rings. The van der Waals surface area contributed by atoms with Crippen LogP contribution in [0.5, 0.6) is 5.75 Å². The molecule has 88 valence electrons. The fourth-order valence-corrected chi connectivity index (χ4v) is 2.51. The summed E-state index contributed by atoms with van der Waals surface area (Å²) in [5, 5.41) is 12.8. The van der Waals surface area contributed by atoms with Gasteiger partial charge < -0.3 is 10.4 Å². The van der Waals surface area contributed by atoms with Gasteiger partial charge in [-0.15, -0.1) is 0 Å². The highest BCUT2D eigenvalue weighted by atomic mass is 79.9. The zero-order valence-corrected chi connectivity index (χ0v) is 12.0. The minimum Gasteiger partial charge on any atom is -0.508 e. The maximum Gasteiger partial charge on any atom is 0.140 e. The van der Waals surface area contributed by atoms with E-state index in [0.717, 1.165) is 20.3 Å². The van der Waals surface area contributed by atoms with E-state index in [1.165, 1.54) is 0 Å². The predicted octanol–water partition coefficient (Wildman–Crippen LogP) is 3.92. The van der Waals surface area contributed by atoms with Crippen LogP contribution in [0, 0.1) is 0 Å². The fourth-order valence-electron chi connectivity index (χ4n) is 1.38. The number of para-hydroxylation sites is 1. The molecular weight excluding hydrogens is 348 g/mol. The lowest BCUT2D eigenvalue weighted by atomic mass is 10.2. The molecule has 3 nitrogen and oxygen atoms in total. The number of anilines is 1. The van der Waals surface area contributed by atoms with Gasteiger partial charge in [0.1, 0.15) is 11.6 Å². The second-order valence-corrected chi connectivity index (χ2v) is 5.24. The molecule has 0 saturated heterocycles. The summed E-state index contributed by atoms with van der Waals surface area (Å²) in [6.07, 6.45) is 1.72. The van der Waals surface area contributed by atoms with Gasteiger partial charge >= 0.3 is 0 Å². The Balaban J connectivity index is 2.10. The highest BCUT2D eigenvalue weighted by Crippen LogP contribution is 2.24. The zero-order chi connectivity index (χ0) is 12.3. The van der Waals surface area contributed by atoms with Crippen LogP contribution in [0.1, 0.15) is 5.56 Å². The molecule has 0 atom stereocenters. The molecule has 0 bridgehead atoms. The van der Waals surface area contributed by atoms with Crippen molar-refractivity contribution in [3.8, 4) is 5.75 Å². The Morgan fingerprint density at radius 3 is 2.71 bits per heavy atom. The van der Waals surface area contributed by atoms with Crippen molar-refractivity contribution in [2.45, 2.75) is 6.54 Å². The Hall–Kier alpha value is -1.07. The van der Waals surface area contributed by atoms with Gasteiger partial charge in [-0.3, -0.25) is 0 Å². The zero-order valence-electron chi connectivity index (χ0n) is 8.82. The first kappa shape index (κ1) is 12.4. The number of aromatic hydroxyl groups is 1. The van der Waals surface area contributed by atoms with Gasteiger partial charge in [0.25, 0.3) is 0 Å². The summed E-state index contributed by atoms with van der Waals surface area (Å²) in [6, 6.07) is 9.14. The molecule has 2 rings (SSSR count). The van der Waals surface area contributed by atoms with Gasteiger partial charge in [-0.1, -0.05) is 18.2 Å². The van der Waals surface area contributed by atoms with Crippen LogP contribution in [-0.2, 0) is 6.54 Å². The second-order valence-electron chi connectivity index (χ2n) is 3.47. The number of rotatable bonds is 3. The molecule has 1 aromatic heterocycles. The molecule has 5 heteroatoms. The van der Waals surface area contributed by atoms with Crippen LogP contribution in [0.4, 0.5) is 5.82 Å². The molecule has 1 aromatic carbocycles. The average molecular weight is 358 g/mol. The minimum absolute atomic E-state index is 0.285. The molecule has 2 N–H and O–H groups in total. The summed E-state index contributed by atoms with van der Waals surface area (Å²) in [5.41, 5.74) is 0.837. The van der Waals surface area contributed by atoms with Gasteiger partial charge in [0.15, 0.2) is 0 Å². The normalized spacial score (nSPS) is 10.2. The Morgan fingerprint density at radius 1 is 1.24 bits per heavy atom. The van der Waals surface area contributed by atoms with E-state index in [0.29, 0.717) is 6.54 Å². The third kappa shape index (κ3) is 3.20. The molecule has 1 heterocycles. The standard InChI is InChI=1S/C12H10Br2N2O/c13-9-5-10(14)12(16-7-9)15-6-8-3-1-2-4-11(8)17/h1-5,7,17H,6H2,(H,15,16). The SMILES string of the molecule is Oc1ccccc1CNc1ncc(Br)cc1Br. The molecule has 0 saturated carbocycles. The number of benzene rings is 1. The number of pyridine rings is 1. The number of nitrogens with one attached hydrogen (secondary N) is 1. The molecule has 0 aliphatic rings. The summed E-state index contributed by atoms with van der Waals surface area (Å²) in [6.45, 7) is 0.528. The number of phenolic OH excluding ortho intramolecular Hbond substituents is 1. The van der Waals surface area contributed by atoms with Crippen molar-refractivity contribution in [1.82, 2.24) is 4.98 Å². The monoisotopic (exact) mass is 356 g/mol. The van der Waals surface area contributed by atoms with Crippen LogP contribution in [0.15, 0.2) is 45.5 Å². The first-order valence-corrected chi connectivity index (χ1v) is 6.57. The van der Waals surface area contributed by atoms with Crippen molar-refractivity contribution in [1.29, 1.82) is 0 Å². The molecule has 0 aliphatic heterocycles. The van der Waals surface area contributed by atoms with Crippen LogP contribution >= 0.6 is 31.9 Å². The van der Waals surface area contributed by atoms with Crippen molar-refractivity contribution < 1.29 is 5.11 Å².